The van der Waals surface area contributed by atoms with Crippen LogP contribution in [0.1, 0.15) is 11.1 Å². The number of benzene rings is 2. The van der Waals surface area contributed by atoms with Crippen molar-refractivity contribution in [3.05, 3.63) is 68.1 Å². The zero-order valence-corrected chi connectivity index (χ0v) is 16.8. The SMILES string of the molecule is COc1cc(CNc2nccs2)cc(Cl)c1OCc1c(Cl)cccc1Cl. The number of nitrogens with one attached hydrogen (secondary N) is 1. The summed E-state index contributed by atoms with van der Waals surface area (Å²) in [5.41, 5.74) is 1.65. The van der Waals surface area contributed by atoms with Gasteiger partial charge in [-0.25, -0.2) is 4.98 Å². The van der Waals surface area contributed by atoms with Crippen LogP contribution in [-0.4, -0.2) is 12.1 Å². The van der Waals surface area contributed by atoms with E-state index in [1.165, 1.54) is 11.3 Å². The summed E-state index contributed by atoms with van der Waals surface area (Å²) in [4.78, 5) is 4.19. The lowest BCUT2D eigenvalue weighted by Gasteiger charge is -2.15. The van der Waals surface area contributed by atoms with Gasteiger partial charge in [-0.3, -0.25) is 0 Å². The molecule has 0 spiro atoms. The molecule has 0 radical (unpaired) electrons. The van der Waals surface area contributed by atoms with Gasteiger partial charge in [-0.2, -0.15) is 0 Å². The van der Waals surface area contributed by atoms with Crippen molar-refractivity contribution >= 4 is 51.3 Å². The first-order valence-electron chi connectivity index (χ1n) is 7.64. The highest BCUT2D eigenvalue weighted by Crippen LogP contribution is 2.38. The van der Waals surface area contributed by atoms with Gasteiger partial charge in [-0.05, 0) is 29.8 Å². The van der Waals surface area contributed by atoms with Crippen molar-refractivity contribution < 1.29 is 9.47 Å². The molecule has 0 atom stereocenters. The summed E-state index contributed by atoms with van der Waals surface area (Å²) >= 11 is 20.3. The number of aromatic nitrogens is 1. The molecular formula is C18H15Cl3N2O2S. The highest BCUT2D eigenvalue weighted by Gasteiger charge is 2.14. The molecule has 0 saturated carbocycles. The van der Waals surface area contributed by atoms with Gasteiger partial charge in [0.25, 0.3) is 0 Å². The van der Waals surface area contributed by atoms with Gasteiger partial charge in [0.05, 0.1) is 12.1 Å². The number of anilines is 1. The molecule has 0 aliphatic rings. The Morgan fingerprint density at radius 2 is 1.88 bits per heavy atom. The van der Waals surface area contributed by atoms with Gasteiger partial charge in [0.15, 0.2) is 16.6 Å². The molecule has 136 valence electrons. The highest BCUT2D eigenvalue weighted by molar-refractivity contribution is 7.13. The van der Waals surface area contributed by atoms with Crippen LogP contribution in [0.2, 0.25) is 15.1 Å². The van der Waals surface area contributed by atoms with Crippen molar-refractivity contribution in [2.24, 2.45) is 0 Å². The molecule has 26 heavy (non-hydrogen) atoms. The topological polar surface area (TPSA) is 43.4 Å². The van der Waals surface area contributed by atoms with E-state index in [-0.39, 0.29) is 6.61 Å². The Balaban J connectivity index is 1.76. The third-order valence-corrected chi connectivity index (χ3v) is 5.31. The third kappa shape index (κ3) is 4.54. The van der Waals surface area contributed by atoms with Crippen LogP contribution >= 0.6 is 46.1 Å². The van der Waals surface area contributed by atoms with Crippen LogP contribution in [-0.2, 0) is 13.2 Å². The minimum Gasteiger partial charge on any atom is -0.493 e. The monoisotopic (exact) mass is 428 g/mol. The van der Waals surface area contributed by atoms with Gasteiger partial charge >= 0.3 is 0 Å². The van der Waals surface area contributed by atoms with E-state index in [0.29, 0.717) is 38.7 Å². The van der Waals surface area contributed by atoms with E-state index in [0.717, 1.165) is 10.7 Å². The van der Waals surface area contributed by atoms with E-state index in [9.17, 15) is 0 Å². The van der Waals surface area contributed by atoms with Gasteiger partial charge in [-0.1, -0.05) is 40.9 Å². The van der Waals surface area contributed by atoms with Gasteiger partial charge < -0.3 is 14.8 Å². The number of thiazole rings is 1. The second-order valence-electron chi connectivity index (χ2n) is 5.29. The molecule has 3 aromatic rings. The standard InChI is InChI=1S/C18H15Cl3N2O2S/c1-24-16-8-11(9-23-18-22-5-6-26-18)7-15(21)17(16)25-10-12-13(19)3-2-4-14(12)20/h2-8H,9-10H2,1H3,(H,22,23). The summed E-state index contributed by atoms with van der Waals surface area (Å²) in [6.45, 7) is 0.755. The average molecular weight is 430 g/mol. The maximum atomic E-state index is 6.41. The van der Waals surface area contributed by atoms with Crippen molar-refractivity contribution in [1.82, 2.24) is 4.98 Å². The van der Waals surface area contributed by atoms with Crippen molar-refractivity contribution in [3.63, 3.8) is 0 Å². The first kappa shape index (κ1) is 19.1. The minimum absolute atomic E-state index is 0.186. The molecule has 0 aliphatic heterocycles. The van der Waals surface area contributed by atoms with Crippen LogP contribution in [0.5, 0.6) is 11.5 Å². The number of rotatable bonds is 7. The summed E-state index contributed by atoms with van der Waals surface area (Å²) in [5.74, 6) is 0.986. The average Bonchev–Trinajstić information content (AvgIpc) is 3.14. The second-order valence-corrected chi connectivity index (χ2v) is 7.40. The molecule has 0 saturated heterocycles. The number of ether oxygens (including phenoxy) is 2. The molecule has 4 nitrogen and oxygen atoms in total. The van der Waals surface area contributed by atoms with Crippen LogP contribution in [0.4, 0.5) is 5.13 Å². The first-order chi connectivity index (χ1) is 12.6. The van der Waals surface area contributed by atoms with E-state index in [1.54, 1.807) is 31.5 Å². The normalized spacial score (nSPS) is 10.6. The predicted octanol–water partition coefficient (Wildman–Crippen LogP) is 6.30. The molecule has 0 aliphatic carbocycles. The van der Waals surface area contributed by atoms with E-state index in [2.05, 4.69) is 10.3 Å². The quantitative estimate of drug-likeness (QED) is 0.478. The summed E-state index contributed by atoms with van der Waals surface area (Å²) in [6.07, 6.45) is 1.75. The smallest absolute Gasteiger partial charge is 0.182 e. The molecule has 8 heteroatoms. The number of hydrogen-bond acceptors (Lipinski definition) is 5. The number of hydrogen-bond donors (Lipinski definition) is 1. The first-order valence-corrected chi connectivity index (χ1v) is 9.65. The van der Waals surface area contributed by atoms with E-state index in [1.807, 2.05) is 17.5 Å². The Morgan fingerprint density at radius 3 is 2.54 bits per heavy atom. The van der Waals surface area contributed by atoms with Crippen molar-refractivity contribution in [3.8, 4) is 11.5 Å². The molecule has 1 heterocycles. The molecule has 1 aromatic heterocycles. The lowest BCUT2D eigenvalue weighted by molar-refractivity contribution is 0.284. The predicted molar refractivity (Wildman–Crippen MR) is 108 cm³/mol. The molecule has 0 fully saturated rings. The highest BCUT2D eigenvalue weighted by atomic mass is 35.5. The molecule has 0 amide bonds. The summed E-state index contributed by atoms with van der Waals surface area (Å²) in [6, 6.07) is 9.01. The fourth-order valence-corrected chi connectivity index (χ4v) is 3.64. The van der Waals surface area contributed by atoms with Crippen LogP contribution in [0, 0.1) is 0 Å². The van der Waals surface area contributed by atoms with Crippen molar-refractivity contribution in [2.75, 3.05) is 12.4 Å². The molecular weight excluding hydrogens is 415 g/mol. The van der Waals surface area contributed by atoms with Gasteiger partial charge in [0.2, 0.25) is 0 Å². The molecule has 1 N–H and O–H groups in total. The lowest BCUT2D eigenvalue weighted by atomic mass is 10.2. The Kier molecular flexibility index (Phi) is 6.48. The zero-order valence-electron chi connectivity index (χ0n) is 13.8. The van der Waals surface area contributed by atoms with Crippen LogP contribution in [0.3, 0.4) is 0 Å². The van der Waals surface area contributed by atoms with Crippen molar-refractivity contribution in [2.45, 2.75) is 13.2 Å². The number of halogens is 3. The van der Waals surface area contributed by atoms with Crippen molar-refractivity contribution in [1.29, 1.82) is 0 Å². The van der Waals surface area contributed by atoms with E-state index < -0.39 is 0 Å². The van der Waals surface area contributed by atoms with Gasteiger partial charge in [-0.15, -0.1) is 11.3 Å². The fraction of sp³-hybridized carbons (Fsp3) is 0.167. The fourth-order valence-electron chi connectivity index (χ4n) is 2.32. The largest absolute Gasteiger partial charge is 0.493 e. The van der Waals surface area contributed by atoms with E-state index >= 15 is 0 Å². The van der Waals surface area contributed by atoms with E-state index in [4.69, 9.17) is 44.3 Å². The molecule has 0 unspecified atom stereocenters. The number of methoxy groups -OCH3 is 1. The maximum absolute atomic E-state index is 6.41. The Bertz CT molecular complexity index is 868. The Labute approximate surface area is 170 Å². The van der Waals surface area contributed by atoms with Crippen LogP contribution in [0.15, 0.2) is 41.9 Å². The maximum Gasteiger partial charge on any atom is 0.182 e. The van der Waals surface area contributed by atoms with Crippen LogP contribution in [0.25, 0.3) is 0 Å². The summed E-state index contributed by atoms with van der Waals surface area (Å²) in [7, 11) is 1.57. The number of nitrogens with zero attached hydrogens (tertiary/aromatic N) is 1. The van der Waals surface area contributed by atoms with Gasteiger partial charge in [0.1, 0.15) is 6.61 Å². The summed E-state index contributed by atoms with van der Waals surface area (Å²) < 4.78 is 11.3. The minimum atomic E-state index is 0.186. The molecule has 2 aromatic carbocycles. The Hall–Kier alpha value is -1.66. The zero-order chi connectivity index (χ0) is 18.5. The molecule has 0 bridgehead atoms. The van der Waals surface area contributed by atoms with Gasteiger partial charge in [0, 0.05) is 33.7 Å². The third-order valence-electron chi connectivity index (χ3n) is 3.59. The molecule has 3 rings (SSSR count). The second kappa shape index (κ2) is 8.82. The summed E-state index contributed by atoms with van der Waals surface area (Å²) in [5, 5.41) is 7.51. The van der Waals surface area contributed by atoms with Crippen LogP contribution < -0.4 is 14.8 Å². The Morgan fingerprint density at radius 1 is 1.12 bits per heavy atom. The lowest BCUT2D eigenvalue weighted by Crippen LogP contribution is -2.03.